The molecule has 0 saturated carbocycles. The van der Waals surface area contributed by atoms with E-state index >= 15 is 0 Å². The first-order chi connectivity index (χ1) is 14.4. The second-order valence-electron chi connectivity index (χ2n) is 7.00. The summed E-state index contributed by atoms with van der Waals surface area (Å²) in [5, 5.41) is 7.85. The molecule has 0 radical (unpaired) electrons. The lowest BCUT2D eigenvalue weighted by Crippen LogP contribution is -2.33. The predicted octanol–water partition coefficient (Wildman–Crippen LogP) is 5.88. The Morgan fingerprint density at radius 3 is 2.80 bits per heavy atom. The minimum atomic E-state index is -0.104. The number of carbonyl (C=O) groups is 1. The Bertz CT molecular complexity index is 1220. The summed E-state index contributed by atoms with van der Waals surface area (Å²) in [5.74, 6) is -0.104. The molecule has 0 spiro atoms. The molecule has 0 aliphatic carbocycles. The zero-order valence-corrected chi connectivity index (χ0v) is 19.3. The quantitative estimate of drug-likeness (QED) is 0.340. The number of nitrogens with zero attached hydrogens (tertiary/aromatic N) is 4. The Balaban J connectivity index is 1.66. The van der Waals surface area contributed by atoms with Gasteiger partial charge in [-0.1, -0.05) is 29.0 Å². The minimum absolute atomic E-state index is 0.104. The van der Waals surface area contributed by atoms with Crippen molar-refractivity contribution >= 4 is 61.6 Å². The standard InChI is InChI=1S/C22H21ClN4OS2/c1-14-13-15(2)27(25-14)11-10-26(20(28)9-6-17-5-4-12-29-17)22-24-21-16(3)18(23)7-8-19(21)30-22/h4-9,12-13H,10-11H2,1-3H3/b9-6+. The summed E-state index contributed by atoms with van der Waals surface area (Å²) >= 11 is 9.36. The van der Waals surface area contributed by atoms with Gasteiger partial charge >= 0.3 is 0 Å². The molecule has 0 aliphatic heterocycles. The van der Waals surface area contributed by atoms with Gasteiger partial charge in [-0.05, 0) is 62.1 Å². The summed E-state index contributed by atoms with van der Waals surface area (Å²) < 4.78 is 2.94. The fraction of sp³-hybridized carbons (Fsp3) is 0.227. The van der Waals surface area contributed by atoms with E-state index < -0.39 is 0 Å². The van der Waals surface area contributed by atoms with E-state index in [0.717, 1.165) is 32.0 Å². The van der Waals surface area contributed by atoms with Crippen LogP contribution in [0.4, 0.5) is 5.13 Å². The van der Waals surface area contributed by atoms with Crippen LogP contribution in [0.3, 0.4) is 0 Å². The monoisotopic (exact) mass is 456 g/mol. The van der Waals surface area contributed by atoms with Crippen LogP contribution in [-0.4, -0.2) is 27.2 Å². The molecular weight excluding hydrogens is 436 g/mol. The summed E-state index contributed by atoms with van der Waals surface area (Å²) in [4.78, 5) is 20.6. The van der Waals surface area contributed by atoms with Crippen LogP contribution in [0.5, 0.6) is 0 Å². The van der Waals surface area contributed by atoms with Gasteiger partial charge in [-0.3, -0.25) is 14.4 Å². The lowest BCUT2D eigenvalue weighted by Gasteiger charge is -2.18. The van der Waals surface area contributed by atoms with E-state index in [9.17, 15) is 4.79 Å². The lowest BCUT2D eigenvalue weighted by molar-refractivity contribution is -0.114. The number of halogens is 1. The molecule has 0 unspecified atom stereocenters. The number of aryl methyl sites for hydroxylation is 3. The Morgan fingerprint density at radius 1 is 1.27 bits per heavy atom. The highest BCUT2D eigenvalue weighted by atomic mass is 35.5. The van der Waals surface area contributed by atoms with Crippen molar-refractivity contribution < 1.29 is 4.79 Å². The molecule has 0 fully saturated rings. The number of thiazole rings is 1. The maximum atomic E-state index is 13.1. The number of anilines is 1. The molecule has 154 valence electrons. The van der Waals surface area contributed by atoms with Crippen molar-refractivity contribution in [1.82, 2.24) is 14.8 Å². The Hall–Kier alpha value is -2.48. The molecule has 4 rings (SSSR count). The molecule has 0 bridgehead atoms. The fourth-order valence-electron chi connectivity index (χ4n) is 3.23. The number of aromatic nitrogens is 3. The predicted molar refractivity (Wildman–Crippen MR) is 127 cm³/mol. The third-order valence-electron chi connectivity index (χ3n) is 4.81. The van der Waals surface area contributed by atoms with Gasteiger partial charge in [0.15, 0.2) is 5.13 Å². The van der Waals surface area contributed by atoms with E-state index in [1.807, 2.05) is 67.2 Å². The van der Waals surface area contributed by atoms with Crippen LogP contribution in [0.1, 0.15) is 21.8 Å². The first-order valence-electron chi connectivity index (χ1n) is 9.52. The molecule has 30 heavy (non-hydrogen) atoms. The highest BCUT2D eigenvalue weighted by Crippen LogP contribution is 2.33. The maximum Gasteiger partial charge on any atom is 0.252 e. The zero-order chi connectivity index (χ0) is 21.3. The second-order valence-corrected chi connectivity index (χ2v) is 9.40. The Labute approximate surface area is 188 Å². The van der Waals surface area contributed by atoms with Crippen molar-refractivity contribution in [1.29, 1.82) is 0 Å². The molecule has 1 aromatic carbocycles. The molecule has 0 atom stereocenters. The summed E-state index contributed by atoms with van der Waals surface area (Å²) in [7, 11) is 0. The highest BCUT2D eigenvalue weighted by Gasteiger charge is 2.19. The van der Waals surface area contributed by atoms with Crippen LogP contribution in [-0.2, 0) is 11.3 Å². The number of fused-ring (bicyclic) bond motifs is 1. The maximum absolute atomic E-state index is 13.1. The van der Waals surface area contributed by atoms with Gasteiger partial charge in [0.25, 0.3) is 5.91 Å². The van der Waals surface area contributed by atoms with Crippen molar-refractivity contribution in [2.75, 3.05) is 11.4 Å². The number of hydrogen-bond acceptors (Lipinski definition) is 5. The average molecular weight is 457 g/mol. The molecule has 0 N–H and O–H groups in total. The third kappa shape index (κ3) is 4.33. The van der Waals surface area contributed by atoms with Crippen molar-refractivity contribution in [3.8, 4) is 0 Å². The van der Waals surface area contributed by atoms with Gasteiger partial charge in [-0.25, -0.2) is 4.98 Å². The van der Waals surface area contributed by atoms with Gasteiger partial charge in [-0.15, -0.1) is 11.3 Å². The molecule has 1 amide bonds. The van der Waals surface area contributed by atoms with Crippen molar-refractivity contribution in [2.45, 2.75) is 27.3 Å². The van der Waals surface area contributed by atoms with Gasteiger partial charge in [0.2, 0.25) is 0 Å². The van der Waals surface area contributed by atoms with Crippen LogP contribution >= 0.6 is 34.3 Å². The normalized spacial score (nSPS) is 11.6. The molecule has 0 aliphatic rings. The van der Waals surface area contributed by atoms with Crippen molar-refractivity contribution in [3.05, 3.63) is 68.6 Å². The van der Waals surface area contributed by atoms with E-state index in [-0.39, 0.29) is 5.91 Å². The Kier molecular flexibility index (Phi) is 6.04. The van der Waals surface area contributed by atoms with Crippen molar-refractivity contribution in [3.63, 3.8) is 0 Å². The average Bonchev–Trinajstić information content (AvgIpc) is 3.44. The van der Waals surface area contributed by atoms with Crippen molar-refractivity contribution in [2.24, 2.45) is 0 Å². The molecular formula is C22H21ClN4OS2. The van der Waals surface area contributed by atoms with E-state index in [0.29, 0.717) is 23.2 Å². The number of hydrogen-bond donors (Lipinski definition) is 0. The number of thiophene rings is 1. The molecule has 3 aromatic heterocycles. The van der Waals surface area contributed by atoms with E-state index in [4.69, 9.17) is 16.6 Å². The third-order valence-corrected chi connectivity index (χ3v) is 7.10. The highest BCUT2D eigenvalue weighted by molar-refractivity contribution is 7.22. The van der Waals surface area contributed by atoms with Gasteiger partial charge in [0, 0.05) is 28.2 Å². The van der Waals surface area contributed by atoms with Crippen LogP contribution in [0.15, 0.2) is 41.8 Å². The van der Waals surface area contributed by atoms with Crippen LogP contribution in [0.25, 0.3) is 16.3 Å². The summed E-state index contributed by atoms with van der Waals surface area (Å²) in [5.41, 5.74) is 3.81. The molecule has 3 heterocycles. The molecule has 0 saturated heterocycles. The Morgan fingerprint density at radius 2 is 2.10 bits per heavy atom. The fourth-order valence-corrected chi connectivity index (χ4v) is 5.06. The van der Waals surface area contributed by atoms with Crippen LogP contribution in [0, 0.1) is 20.8 Å². The lowest BCUT2D eigenvalue weighted by atomic mass is 10.2. The van der Waals surface area contributed by atoms with E-state index in [1.165, 1.54) is 11.3 Å². The smallest absolute Gasteiger partial charge is 0.252 e. The molecule has 5 nitrogen and oxygen atoms in total. The minimum Gasteiger partial charge on any atom is -0.283 e. The number of benzene rings is 1. The number of carbonyl (C=O) groups excluding carboxylic acids is 1. The molecule has 8 heteroatoms. The first-order valence-corrected chi connectivity index (χ1v) is 11.6. The number of rotatable bonds is 6. The van der Waals surface area contributed by atoms with E-state index in [2.05, 4.69) is 5.10 Å². The summed E-state index contributed by atoms with van der Waals surface area (Å²) in [6.45, 7) is 7.01. The molecule has 4 aromatic rings. The first kappa shape index (κ1) is 20.8. The zero-order valence-electron chi connectivity index (χ0n) is 16.9. The topological polar surface area (TPSA) is 51.0 Å². The van der Waals surface area contributed by atoms with Gasteiger partial charge in [-0.2, -0.15) is 5.10 Å². The van der Waals surface area contributed by atoms with Crippen LogP contribution < -0.4 is 4.90 Å². The van der Waals surface area contributed by atoms with Crippen LogP contribution in [0.2, 0.25) is 5.02 Å². The second kappa shape index (κ2) is 8.71. The SMILES string of the molecule is Cc1cc(C)n(CCN(C(=O)/C=C/c2cccs2)c2nc3c(C)c(Cl)ccc3s2)n1. The van der Waals surface area contributed by atoms with Gasteiger partial charge < -0.3 is 0 Å². The summed E-state index contributed by atoms with van der Waals surface area (Å²) in [6, 6.07) is 9.82. The number of amides is 1. The van der Waals surface area contributed by atoms with Gasteiger partial charge in [0.1, 0.15) is 0 Å². The summed E-state index contributed by atoms with van der Waals surface area (Å²) in [6.07, 6.45) is 3.46. The largest absolute Gasteiger partial charge is 0.283 e. The van der Waals surface area contributed by atoms with Gasteiger partial charge in [0.05, 0.1) is 22.5 Å². The van der Waals surface area contributed by atoms with E-state index in [1.54, 1.807) is 22.3 Å².